The highest BCUT2D eigenvalue weighted by atomic mass is 16.5. The van der Waals surface area contributed by atoms with Crippen molar-refractivity contribution in [2.24, 2.45) is 27.2 Å². The molecular weight excluding hydrogens is 300 g/mol. The normalized spacial score (nSPS) is 15.1. The summed E-state index contributed by atoms with van der Waals surface area (Å²) >= 11 is 0. The standard InChI is InChI=1S/C14H20N6O3/c15-13(16)19-14(17)18-10-2-1-3-11(8-10)23-9-12(21)20-4-6-22-7-5-20/h1-3,8H,4-7,9H2,(H6,15,16,17,18,19). The number of carbonyl (C=O) groups is 1. The van der Waals surface area contributed by atoms with Crippen molar-refractivity contribution in [2.75, 3.05) is 32.9 Å². The van der Waals surface area contributed by atoms with E-state index in [0.29, 0.717) is 37.7 Å². The molecule has 0 radical (unpaired) electrons. The molecule has 0 unspecified atom stereocenters. The molecule has 0 saturated carbocycles. The molecule has 0 aromatic heterocycles. The van der Waals surface area contributed by atoms with Crippen molar-refractivity contribution < 1.29 is 14.3 Å². The van der Waals surface area contributed by atoms with Gasteiger partial charge in [0, 0.05) is 19.2 Å². The van der Waals surface area contributed by atoms with E-state index in [4.69, 9.17) is 26.7 Å². The van der Waals surface area contributed by atoms with Crippen molar-refractivity contribution >= 4 is 23.5 Å². The molecule has 9 nitrogen and oxygen atoms in total. The first kappa shape index (κ1) is 16.6. The summed E-state index contributed by atoms with van der Waals surface area (Å²) in [7, 11) is 0. The molecule has 0 aliphatic carbocycles. The zero-order chi connectivity index (χ0) is 16.7. The van der Waals surface area contributed by atoms with Gasteiger partial charge in [-0.1, -0.05) is 6.07 Å². The lowest BCUT2D eigenvalue weighted by molar-refractivity contribution is -0.137. The number of benzene rings is 1. The first-order valence-corrected chi connectivity index (χ1v) is 7.07. The van der Waals surface area contributed by atoms with Crippen LogP contribution in [0.1, 0.15) is 0 Å². The smallest absolute Gasteiger partial charge is 0.260 e. The summed E-state index contributed by atoms with van der Waals surface area (Å²) in [4.78, 5) is 21.4. The second-order valence-electron chi connectivity index (χ2n) is 4.79. The Morgan fingerprint density at radius 2 is 2.00 bits per heavy atom. The molecule has 9 heteroatoms. The third kappa shape index (κ3) is 5.47. The van der Waals surface area contributed by atoms with E-state index in [0.717, 1.165) is 0 Å². The van der Waals surface area contributed by atoms with Crippen LogP contribution in [-0.2, 0) is 9.53 Å². The van der Waals surface area contributed by atoms with E-state index in [-0.39, 0.29) is 24.4 Å². The topological polar surface area (TPSA) is 142 Å². The minimum Gasteiger partial charge on any atom is -0.484 e. The van der Waals surface area contributed by atoms with E-state index in [9.17, 15) is 4.79 Å². The predicted octanol–water partition coefficient (Wildman–Crippen LogP) is -0.856. The van der Waals surface area contributed by atoms with Gasteiger partial charge < -0.3 is 31.6 Å². The number of nitrogens with zero attached hydrogens (tertiary/aromatic N) is 3. The Kier molecular flexibility index (Phi) is 5.75. The van der Waals surface area contributed by atoms with Gasteiger partial charge >= 0.3 is 0 Å². The van der Waals surface area contributed by atoms with E-state index in [1.165, 1.54) is 0 Å². The molecule has 0 bridgehead atoms. The molecule has 1 amide bonds. The van der Waals surface area contributed by atoms with Gasteiger partial charge in [0.15, 0.2) is 12.6 Å². The van der Waals surface area contributed by atoms with Gasteiger partial charge in [0.2, 0.25) is 5.96 Å². The lowest BCUT2D eigenvalue weighted by atomic mass is 10.3. The number of aliphatic imine (C=N–C) groups is 2. The lowest BCUT2D eigenvalue weighted by Crippen LogP contribution is -2.42. The zero-order valence-electron chi connectivity index (χ0n) is 12.6. The summed E-state index contributed by atoms with van der Waals surface area (Å²) in [5.74, 6) is 0.189. The Morgan fingerprint density at radius 3 is 2.70 bits per heavy atom. The van der Waals surface area contributed by atoms with Crippen LogP contribution in [-0.4, -0.2) is 55.6 Å². The molecule has 2 rings (SSSR count). The maximum absolute atomic E-state index is 12.0. The second kappa shape index (κ2) is 7.99. The van der Waals surface area contributed by atoms with Gasteiger partial charge in [-0.05, 0) is 12.1 Å². The van der Waals surface area contributed by atoms with Gasteiger partial charge in [0.05, 0.1) is 18.9 Å². The van der Waals surface area contributed by atoms with Gasteiger partial charge in [0.25, 0.3) is 5.91 Å². The molecule has 1 aromatic carbocycles. The van der Waals surface area contributed by atoms with Crippen LogP contribution in [0.25, 0.3) is 0 Å². The fourth-order valence-corrected chi connectivity index (χ4v) is 1.98. The van der Waals surface area contributed by atoms with Gasteiger partial charge in [0.1, 0.15) is 5.75 Å². The van der Waals surface area contributed by atoms with Gasteiger partial charge in [-0.3, -0.25) is 4.79 Å². The first-order chi connectivity index (χ1) is 11.0. The van der Waals surface area contributed by atoms with Gasteiger partial charge in [-0.2, -0.15) is 4.99 Å². The summed E-state index contributed by atoms with van der Waals surface area (Å²) in [5.41, 5.74) is 16.5. The Balaban J connectivity index is 1.94. The number of guanidine groups is 2. The summed E-state index contributed by atoms with van der Waals surface area (Å²) in [6.45, 7) is 2.24. The molecule has 1 heterocycles. The minimum atomic E-state index is -0.172. The molecule has 23 heavy (non-hydrogen) atoms. The summed E-state index contributed by atoms with van der Waals surface area (Å²) < 4.78 is 10.7. The average Bonchev–Trinajstić information content (AvgIpc) is 2.53. The molecule has 0 spiro atoms. The van der Waals surface area contributed by atoms with Crippen molar-refractivity contribution in [2.45, 2.75) is 0 Å². The van der Waals surface area contributed by atoms with Gasteiger partial charge in [-0.15, -0.1) is 0 Å². The van der Waals surface area contributed by atoms with Crippen LogP contribution in [0.15, 0.2) is 34.3 Å². The minimum absolute atomic E-state index is 0.0451. The maximum Gasteiger partial charge on any atom is 0.260 e. The Bertz CT molecular complexity index is 606. The third-order valence-corrected chi connectivity index (χ3v) is 3.03. The summed E-state index contributed by atoms with van der Waals surface area (Å²) in [6, 6.07) is 6.81. The number of morpholine rings is 1. The van der Waals surface area contributed by atoms with E-state index in [1.807, 2.05) is 0 Å². The monoisotopic (exact) mass is 320 g/mol. The highest BCUT2D eigenvalue weighted by Gasteiger charge is 2.17. The Hall–Kier alpha value is -2.81. The highest BCUT2D eigenvalue weighted by molar-refractivity contribution is 5.93. The van der Waals surface area contributed by atoms with Crippen molar-refractivity contribution in [3.63, 3.8) is 0 Å². The predicted molar refractivity (Wildman–Crippen MR) is 86.4 cm³/mol. The third-order valence-electron chi connectivity index (χ3n) is 3.03. The maximum atomic E-state index is 12.0. The fraction of sp³-hybridized carbons (Fsp3) is 0.357. The second-order valence-corrected chi connectivity index (χ2v) is 4.79. The molecule has 1 aliphatic rings. The highest BCUT2D eigenvalue weighted by Crippen LogP contribution is 2.20. The largest absolute Gasteiger partial charge is 0.484 e. The average molecular weight is 320 g/mol. The van der Waals surface area contributed by atoms with Crippen LogP contribution in [0.3, 0.4) is 0 Å². The molecule has 0 atom stereocenters. The molecular formula is C14H20N6O3. The van der Waals surface area contributed by atoms with Crippen LogP contribution in [0, 0.1) is 0 Å². The van der Waals surface area contributed by atoms with E-state index in [2.05, 4.69) is 9.98 Å². The molecule has 1 aromatic rings. The van der Waals surface area contributed by atoms with E-state index >= 15 is 0 Å². The summed E-state index contributed by atoms with van der Waals surface area (Å²) in [5, 5.41) is 0. The zero-order valence-corrected chi connectivity index (χ0v) is 12.6. The number of amides is 1. The number of ether oxygens (including phenoxy) is 2. The molecule has 1 saturated heterocycles. The lowest BCUT2D eigenvalue weighted by Gasteiger charge is -2.26. The van der Waals surface area contributed by atoms with Gasteiger partial charge in [-0.25, -0.2) is 4.99 Å². The number of hydrogen-bond donors (Lipinski definition) is 3. The SMILES string of the molecule is NC(N)=NC(N)=Nc1cccc(OCC(=O)N2CCOCC2)c1. The number of carbonyl (C=O) groups excluding carboxylic acids is 1. The summed E-state index contributed by atoms with van der Waals surface area (Å²) in [6.07, 6.45) is 0. The number of rotatable bonds is 4. The van der Waals surface area contributed by atoms with E-state index in [1.54, 1.807) is 29.2 Å². The van der Waals surface area contributed by atoms with Crippen LogP contribution in [0.5, 0.6) is 5.75 Å². The van der Waals surface area contributed by atoms with Crippen LogP contribution < -0.4 is 21.9 Å². The van der Waals surface area contributed by atoms with Crippen LogP contribution in [0.4, 0.5) is 5.69 Å². The van der Waals surface area contributed by atoms with E-state index < -0.39 is 0 Å². The van der Waals surface area contributed by atoms with Crippen LogP contribution in [0.2, 0.25) is 0 Å². The van der Waals surface area contributed by atoms with Crippen molar-refractivity contribution in [3.8, 4) is 5.75 Å². The molecule has 6 N–H and O–H groups in total. The number of hydrogen-bond acceptors (Lipinski definition) is 4. The van der Waals surface area contributed by atoms with Crippen molar-refractivity contribution in [1.29, 1.82) is 0 Å². The quantitative estimate of drug-likeness (QED) is 0.487. The molecule has 1 fully saturated rings. The Morgan fingerprint density at radius 1 is 1.26 bits per heavy atom. The van der Waals surface area contributed by atoms with Crippen molar-refractivity contribution in [1.82, 2.24) is 4.90 Å². The van der Waals surface area contributed by atoms with Crippen molar-refractivity contribution in [3.05, 3.63) is 24.3 Å². The molecule has 1 aliphatic heterocycles. The number of nitrogens with two attached hydrogens (primary N) is 3. The fourth-order valence-electron chi connectivity index (χ4n) is 1.98. The Labute approximate surface area is 133 Å². The molecule has 124 valence electrons. The first-order valence-electron chi connectivity index (χ1n) is 7.07. The van der Waals surface area contributed by atoms with Crippen LogP contribution >= 0.6 is 0 Å².